The Kier molecular flexibility index (Phi) is 7.37. The van der Waals surface area contributed by atoms with E-state index >= 15 is 0 Å². The number of piperidine rings is 1. The lowest BCUT2D eigenvalue weighted by molar-refractivity contribution is 0.0289. The number of anilines is 1. The van der Waals surface area contributed by atoms with Crippen LogP contribution in [0.25, 0.3) is 22.2 Å². The molecule has 0 aliphatic carbocycles. The van der Waals surface area contributed by atoms with Crippen LogP contribution in [0, 0.1) is 5.41 Å². The molecule has 214 valence electrons. The summed E-state index contributed by atoms with van der Waals surface area (Å²) in [4.78, 5) is 29.8. The van der Waals surface area contributed by atoms with Gasteiger partial charge in [0.15, 0.2) is 0 Å². The zero-order valence-corrected chi connectivity index (χ0v) is 24.6. The Balaban J connectivity index is 1.14. The number of ether oxygens (including phenoxy) is 2. The molecule has 6 rings (SSSR count). The van der Waals surface area contributed by atoms with E-state index in [-0.39, 0.29) is 23.7 Å². The number of H-pyrrole nitrogens is 1. The molecule has 1 aromatic carbocycles. The lowest BCUT2D eigenvalue weighted by Crippen LogP contribution is -2.64. The van der Waals surface area contributed by atoms with Crippen molar-refractivity contribution in [3.05, 3.63) is 58.6 Å². The Morgan fingerprint density at radius 2 is 1.78 bits per heavy atom. The van der Waals surface area contributed by atoms with Gasteiger partial charge in [-0.15, -0.1) is 0 Å². The van der Waals surface area contributed by atoms with Gasteiger partial charge in [0, 0.05) is 72.9 Å². The van der Waals surface area contributed by atoms with E-state index in [1.165, 1.54) is 0 Å². The van der Waals surface area contributed by atoms with Crippen molar-refractivity contribution in [2.24, 2.45) is 5.41 Å². The third-order valence-corrected chi connectivity index (χ3v) is 8.25. The largest absolute Gasteiger partial charge is 0.486 e. The minimum atomic E-state index is -0.384. The van der Waals surface area contributed by atoms with Crippen LogP contribution in [0.3, 0.4) is 0 Å². The molecule has 0 saturated carbocycles. The molecule has 0 bridgehead atoms. The molecule has 2 aliphatic rings. The number of benzene rings is 1. The predicted molar refractivity (Wildman–Crippen MR) is 157 cm³/mol. The van der Waals surface area contributed by atoms with Crippen molar-refractivity contribution in [3.63, 3.8) is 0 Å². The Bertz CT molecular complexity index is 1550. The van der Waals surface area contributed by atoms with Gasteiger partial charge < -0.3 is 19.3 Å². The highest BCUT2D eigenvalue weighted by molar-refractivity contribution is 6.35. The molecule has 0 radical (unpaired) electrons. The molecule has 5 heterocycles. The topological polar surface area (TPSA) is 109 Å². The normalized spacial score (nSPS) is 17.1. The first-order valence-electron chi connectivity index (χ1n) is 13.7. The van der Waals surface area contributed by atoms with Crippen LogP contribution in [0.4, 0.5) is 10.7 Å². The van der Waals surface area contributed by atoms with Gasteiger partial charge in [0.1, 0.15) is 17.5 Å². The van der Waals surface area contributed by atoms with Crippen LogP contribution >= 0.6 is 23.2 Å². The van der Waals surface area contributed by atoms with Crippen LogP contribution in [0.1, 0.15) is 45.3 Å². The van der Waals surface area contributed by atoms with E-state index < -0.39 is 0 Å². The molecule has 2 aliphatic heterocycles. The summed E-state index contributed by atoms with van der Waals surface area (Å²) in [5.74, 6) is 1.32. The number of aromatic amines is 1. The van der Waals surface area contributed by atoms with Gasteiger partial charge in [-0.2, -0.15) is 5.10 Å². The fourth-order valence-corrected chi connectivity index (χ4v) is 6.44. The molecule has 4 aromatic rings. The molecule has 1 amide bonds. The first-order chi connectivity index (χ1) is 19.7. The first kappa shape index (κ1) is 27.5. The Morgan fingerprint density at radius 1 is 1.05 bits per heavy atom. The lowest BCUT2D eigenvalue weighted by atomic mass is 9.73. The van der Waals surface area contributed by atoms with Crippen molar-refractivity contribution in [2.45, 2.75) is 45.8 Å². The average molecular weight is 597 g/mol. The average Bonchev–Trinajstić information content (AvgIpc) is 3.35. The summed E-state index contributed by atoms with van der Waals surface area (Å²) in [6.07, 6.45) is 8.02. The summed E-state index contributed by atoms with van der Waals surface area (Å²) in [5, 5.41) is 9.39. The van der Waals surface area contributed by atoms with Crippen molar-refractivity contribution in [3.8, 4) is 17.0 Å². The molecule has 1 N–H and O–H groups in total. The number of rotatable bonds is 6. The summed E-state index contributed by atoms with van der Waals surface area (Å²) < 4.78 is 11.6. The van der Waals surface area contributed by atoms with Gasteiger partial charge >= 0.3 is 6.09 Å². The monoisotopic (exact) mass is 595 g/mol. The smallest absolute Gasteiger partial charge is 0.410 e. The number of carbonyl (C=O) groups is 1. The maximum absolute atomic E-state index is 12.4. The third kappa shape index (κ3) is 5.50. The highest BCUT2D eigenvalue weighted by atomic mass is 35.5. The molecule has 2 saturated heterocycles. The van der Waals surface area contributed by atoms with Gasteiger partial charge in [0.25, 0.3) is 0 Å². The van der Waals surface area contributed by atoms with E-state index in [2.05, 4.69) is 30.0 Å². The standard InChI is InChI=1S/C29H31Cl2N7O3/c1-17(2)40-28(39)37-8-4-7-29(14-37)15-38(16-29)27-33-10-19(11-34-27)26-21-9-20(5-6-24(21)35-36-26)41-18(3)25-22(30)12-32-13-23(25)31/h5-6,9-13,17-18H,4,7-8,14-16H2,1-3H3,(H,35,36)/t18-/m1/s1. The van der Waals surface area contributed by atoms with E-state index in [9.17, 15) is 4.79 Å². The summed E-state index contributed by atoms with van der Waals surface area (Å²) in [6.45, 7) is 8.71. The SMILES string of the molecule is CC(C)OC(=O)N1CCCC2(C1)CN(c1ncc(-c3n[nH]c4ccc(O[C@H](C)c5c(Cl)cncc5Cl)cc34)cn1)C2. The van der Waals surface area contributed by atoms with Gasteiger partial charge in [-0.25, -0.2) is 14.8 Å². The molecule has 3 aromatic heterocycles. The number of hydrogen-bond acceptors (Lipinski definition) is 8. The van der Waals surface area contributed by atoms with Crippen LogP contribution in [-0.4, -0.2) is 68.4 Å². The molecule has 41 heavy (non-hydrogen) atoms. The van der Waals surface area contributed by atoms with Gasteiger partial charge in [-0.1, -0.05) is 23.2 Å². The Morgan fingerprint density at radius 3 is 2.49 bits per heavy atom. The van der Waals surface area contributed by atoms with Gasteiger partial charge in [-0.05, 0) is 51.8 Å². The molecular formula is C29H31Cl2N7O3. The van der Waals surface area contributed by atoms with Crippen LogP contribution in [0.2, 0.25) is 10.0 Å². The van der Waals surface area contributed by atoms with Gasteiger partial charge in [-0.3, -0.25) is 10.1 Å². The molecule has 2 fully saturated rings. The fraction of sp³-hybridized carbons (Fsp3) is 0.414. The van der Waals surface area contributed by atoms with Crippen LogP contribution in [0.15, 0.2) is 43.0 Å². The number of amides is 1. The minimum Gasteiger partial charge on any atom is -0.486 e. The lowest BCUT2D eigenvalue weighted by Gasteiger charge is -2.54. The summed E-state index contributed by atoms with van der Waals surface area (Å²) >= 11 is 12.6. The number of aromatic nitrogens is 5. The molecule has 0 unspecified atom stereocenters. The van der Waals surface area contributed by atoms with E-state index in [4.69, 9.17) is 32.7 Å². The minimum absolute atomic E-state index is 0.0624. The third-order valence-electron chi connectivity index (χ3n) is 7.65. The second-order valence-corrected chi connectivity index (χ2v) is 12.0. The van der Waals surface area contributed by atoms with Gasteiger partial charge in [0.05, 0.1) is 21.7 Å². The molecule has 1 spiro atoms. The highest BCUT2D eigenvalue weighted by Crippen LogP contribution is 2.41. The second kappa shape index (κ2) is 11.0. The number of likely N-dealkylation sites (tertiary alicyclic amines) is 1. The molecule has 12 heteroatoms. The number of halogens is 2. The molecule has 10 nitrogen and oxygen atoms in total. The first-order valence-corrected chi connectivity index (χ1v) is 14.4. The van der Waals surface area contributed by atoms with Gasteiger partial charge in [0.2, 0.25) is 5.95 Å². The van der Waals surface area contributed by atoms with Crippen LogP contribution in [0.5, 0.6) is 5.75 Å². The van der Waals surface area contributed by atoms with E-state index in [0.29, 0.717) is 33.9 Å². The van der Waals surface area contributed by atoms with E-state index in [0.717, 1.165) is 54.6 Å². The molecular weight excluding hydrogens is 565 g/mol. The highest BCUT2D eigenvalue weighted by Gasteiger charge is 2.47. The number of nitrogens with zero attached hydrogens (tertiary/aromatic N) is 6. The second-order valence-electron chi connectivity index (χ2n) is 11.1. The zero-order chi connectivity index (χ0) is 28.7. The van der Waals surface area contributed by atoms with Crippen molar-refractivity contribution in [2.75, 3.05) is 31.1 Å². The fourth-order valence-electron chi connectivity index (χ4n) is 5.77. The number of nitrogens with one attached hydrogen (secondary N) is 1. The van der Waals surface area contributed by atoms with Crippen molar-refractivity contribution in [1.29, 1.82) is 0 Å². The Labute approximate surface area is 248 Å². The quantitative estimate of drug-likeness (QED) is 0.276. The van der Waals surface area contributed by atoms with Crippen LogP contribution < -0.4 is 9.64 Å². The predicted octanol–water partition coefficient (Wildman–Crippen LogP) is 6.31. The van der Waals surface area contributed by atoms with Crippen molar-refractivity contribution in [1.82, 2.24) is 30.0 Å². The van der Waals surface area contributed by atoms with E-state index in [1.54, 1.807) is 24.8 Å². The number of pyridine rings is 1. The number of fused-ring (bicyclic) bond motifs is 1. The molecule has 1 atom stereocenters. The summed E-state index contributed by atoms with van der Waals surface area (Å²) in [6, 6.07) is 5.72. The Hall–Kier alpha value is -3.63. The maximum atomic E-state index is 12.4. The zero-order valence-electron chi connectivity index (χ0n) is 23.1. The van der Waals surface area contributed by atoms with Crippen molar-refractivity contribution < 1.29 is 14.3 Å². The number of carbonyl (C=O) groups excluding carboxylic acids is 1. The summed E-state index contributed by atoms with van der Waals surface area (Å²) in [5.41, 5.74) is 3.14. The van der Waals surface area contributed by atoms with Crippen molar-refractivity contribution >= 4 is 46.1 Å². The number of hydrogen-bond donors (Lipinski definition) is 1. The maximum Gasteiger partial charge on any atom is 0.410 e. The van der Waals surface area contributed by atoms with Crippen LogP contribution in [-0.2, 0) is 4.74 Å². The summed E-state index contributed by atoms with van der Waals surface area (Å²) in [7, 11) is 0. The van der Waals surface area contributed by atoms with E-state index in [1.807, 2.05) is 43.9 Å².